The van der Waals surface area contributed by atoms with Crippen LogP contribution in [0.2, 0.25) is 0 Å². The predicted octanol–water partition coefficient (Wildman–Crippen LogP) is 4.44. The molecule has 0 aromatic heterocycles. The number of aryl methyl sites for hydroxylation is 2. The topological polar surface area (TPSA) is 62.3 Å². The van der Waals surface area contributed by atoms with Gasteiger partial charge in [-0.1, -0.05) is 24.3 Å². The summed E-state index contributed by atoms with van der Waals surface area (Å²) < 4.78 is 10.7. The van der Waals surface area contributed by atoms with E-state index in [-0.39, 0.29) is 18.4 Å². The van der Waals surface area contributed by atoms with Crippen LogP contribution in [0.4, 0.5) is 5.69 Å². The Balaban J connectivity index is 1.28. The van der Waals surface area contributed by atoms with Crippen molar-refractivity contribution in [1.29, 1.82) is 0 Å². The molecule has 2 aliphatic rings. The molecule has 192 valence electrons. The number of ether oxygens (including phenoxy) is 2. The number of amides is 2. The maximum atomic E-state index is 13.5. The molecule has 7 heteroatoms. The Hall–Kier alpha value is -3.84. The number of carbonyl (C=O) groups excluding carboxylic acids is 2. The van der Waals surface area contributed by atoms with Gasteiger partial charge < -0.3 is 14.4 Å². The normalized spacial score (nSPS) is 15.8. The molecule has 7 nitrogen and oxygen atoms in total. The van der Waals surface area contributed by atoms with Gasteiger partial charge in [0.25, 0.3) is 11.8 Å². The van der Waals surface area contributed by atoms with Crippen LogP contribution in [0.3, 0.4) is 0 Å². The van der Waals surface area contributed by atoms with Gasteiger partial charge in [0.2, 0.25) is 0 Å². The first kappa shape index (κ1) is 24.8. The number of imide groups is 1. The molecule has 0 unspecified atom stereocenters. The lowest BCUT2D eigenvalue weighted by Gasteiger charge is -2.37. The fourth-order valence-electron chi connectivity index (χ4n) is 5.26. The molecule has 0 atom stereocenters. The van der Waals surface area contributed by atoms with Crippen LogP contribution in [0.1, 0.15) is 43.0 Å². The quantitative estimate of drug-likeness (QED) is 0.448. The third-order valence-electron chi connectivity index (χ3n) is 7.44. The first-order valence-electron chi connectivity index (χ1n) is 12.6. The fraction of sp³-hybridized carbons (Fsp3) is 0.333. The Morgan fingerprint density at radius 1 is 0.784 bits per heavy atom. The van der Waals surface area contributed by atoms with Crippen LogP contribution in [-0.2, 0) is 13.1 Å². The molecule has 1 saturated heterocycles. The van der Waals surface area contributed by atoms with Crippen LogP contribution in [0.5, 0.6) is 11.5 Å². The summed E-state index contributed by atoms with van der Waals surface area (Å²) in [5.41, 5.74) is 6.43. The number of methoxy groups -OCH3 is 2. The second-order valence-electron chi connectivity index (χ2n) is 9.76. The number of fused-ring (bicyclic) bond motifs is 1. The lowest BCUT2D eigenvalue weighted by Crippen LogP contribution is -2.46. The van der Waals surface area contributed by atoms with Gasteiger partial charge in [0.1, 0.15) is 11.5 Å². The maximum Gasteiger partial charge on any atom is 0.263 e. The Kier molecular flexibility index (Phi) is 6.89. The number of anilines is 1. The van der Waals surface area contributed by atoms with Crippen LogP contribution < -0.4 is 14.4 Å². The van der Waals surface area contributed by atoms with E-state index < -0.39 is 0 Å². The van der Waals surface area contributed by atoms with Gasteiger partial charge in [-0.2, -0.15) is 0 Å². The number of benzene rings is 3. The molecule has 2 aliphatic heterocycles. The van der Waals surface area contributed by atoms with E-state index in [0.717, 1.165) is 61.0 Å². The summed E-state index contributed by atoms with van der Waals surface area (Å²) in [7, 11) is 3.32. The third-order valence-corrected chi connectivity index (χ3v) is 7.44. The van der Waals surface area contributed by atoms with Gasteiger partial charge in [-0.05, 0) is 66.4 Å². The molecule has 3 aromatic rings. The van der Waals surface area contributed by atoms with Gasteiger partial charge in [0.05, 0.1) is 37.6 Å². The van der Waals surface area contributed by atoms with Gasteiger partial charge in [0.15, 0.2) is 0 Å². The lowest BCUT2D eigenvalue weighted by molar-refractivity contribution is 0.0642. The zero-order valence-electron chi connectivity index (χ0n) is 21.9. The van der Waals surface area contributed by atoms with E-state index in [1.165, 1.54) is 16.0 Å². The smallest absolute Gasteiger partial charge is 0.263 e. The Morgan fingerprint density at radius 2 is 1.51 bits per heavy atom. The van der Waals surface area contributed by atoms with Gasteiger partial charge in [-0.15, -0.1) is 0 Å². The van der Waals surface area contributed by atoms with Crippen molar-refractivity contribution in [3.8, 4) is 11.5 Å². The molecule has 5 rings (SSSR count). The average molecular weight is 500 g/mol. The highest BCUT2D eigenvalue weighted by atomic mass is 16.5. The van der Waals surface area contributed by atoms with Crippen molar-refractivity contribution in [2.24, 2.45) is 0 Å². The van der Waals surface area contributed by atoms with Crippen molar-refractivity contribution in [1.82, 2.24) is 9.80 Å². The Bertz CT molecular complexity index is 1330. The summed E-state index contributed by atoms with van der Waals surface area (Å²) in [5, 5.41) is 0. The van der Waals surface area contributed by atoms with Crippen molar-refractivity contribution in [3.05, 3.63) is 88.0 Å². The molecule has 0 aliphatic carbocycles. The molecule has 0 radical (unpaired) electrons. The van der Waals surface area contributed by atoms with Crippen molar-refractivity contribution in [2.45, 2.75) is 26.9 Å². The van der Waals surface area contributed by atoms with Gasteiger partial charge in [0, 0.05) is 32.7 Å². The van der Waals surface area contributed by atoms with Crippen molar-refractivity contribution >= 4 is 17.5 Å². The van der Waals surface area contributed by atoms with Crippen LogP contribution >= 0.6 is 0 Å². The van der Waals surface area contributed by atoms with Crippen molar-refractivity contribution < 1.29 is 19.1 Å². The fourth-order valence-corrected chi connectivity index (χ4v) is 5.26. The largest absolute Gasteiger partial charge is 0.497 e. The first-order chi connectivity index (χ1) is 17.9. The summed E-state index contributed by atoms with van der Waals surface area (Å²) in [5.74, 6) is 1.20. The summed E-state index contributed by atoms with van der Waals surface area (Å²) >= 11 is 0. The summed E-state index contributed by atoms with van der Waals surface area (Å²) in [6, 6.07) is 17.4. The van der Waals surface area contributed by atoms with Crippen LogP contribution in [-0.4, -0.2) is 62.0 Å². The molecular formula is C30H33N3O4. The highest BCUT2D eigenvalue weighted by Gasteiger charge is 2.38. The van der Waals surface area contributed by atoms with E-state index in [0.29, 0.717) is 11.1 Å². The molecule has 0 saturated carbocycles. The number of hydrogen-bond acceptors (Lipinski definition) is 6. The number of piperazine rings is 1. The summed E-state index contributed by atoms with van der Waals surface area (Å²) in [6.45, 7) is 8.68. The molecule has 0 bridgehead atoms. The minimum absolute atomic E-state index is 0.224. The summed E-state index contributed by atoms with van der Waals surface area (Å²) in [4.78, 5) is 32.7. The maximum absolute atomic E-state index is 13.5. The van der Waals surface area contributed by atoms with Crippen molar-refractivity contribution in [2.75, 3.05) is 45.3 Å². The van der Waals surface area contributed by atoms with E-state index in [1.807, 2.05) is 36.4 Å². The highest BCUT2D eigenvalue weighted by molar-refractivity contribution is 6.23. The first-order valence-corrected chi connectivity index (χ1v) is 12.6. The molecule has 0 N–H and O–H groups in total. The third kappa shape index (κ3) is 4.79. The minimum Gasteiger partial charge on any atom is -0.497 e. The predicted molar refractivity (Wildman–Crippen MR) is 144 cm³/mol. The SMILES string of the molecule is COc1ccc(CN2C(=O)c3cccc(N4CCN(Cc5cc(C)c(OC)cc5C)CC4)c3C2=O)cc1. The zero-order chi connectivity index (χ0) is 26.1. The van der Waals surface area contributed by atoms with Crippen LogP contribution in [0.25, 0.3) is 0 Å². The van der Waals surface area contributed by atoms with Gasteiger partial charge in [-0.3, -0.25) is 19.4 Å². The monoisotopic (exact) mass is 499 g/mol. The van der Waals surface area contributed by atoms with E-state index in [4.69, 9.17) is 9.47 Å². The number of nitrogens with zero attached hydrogens (tertiary/aromatic N) is 3. The number of hydrogen-bond donors (Lipinski definition) is 0. The molecule has 2 amide bonds. The van der Waals surface area contributed by atoms with Gasteiger partial charge >= 0.3 is 0 Å². The van der Waals surface area contributed by atoms with E-state index >= 15 is 0 Å². The molecule has 37 heavy (non-hydrogen) atoms. The molecule has 3 aromatic carbocycles. The number of carbonyl (C=O) groups is 2. The van der Waals surface area contributed by atoms with E-state index in [9.17, 15) is 9.59 Å². The molecule has 1 fully saturated rings. The molecule has 0 spiro atoms. The summed E-state index contributed by atoms with van der Waals surface area (Å²) in [6.07, 6.45) is 0. The van der Waals surface area contributed by atoms with Crippen LogP contribution in [0, 0.1) is 13.8 Å². The zero-order valence-corrected chi connectivity index (χ0v) is 21.9. The Labute approximate surface area is 218 Å². The second kappa shape index (κ2) is 10.3. The van der Waals surface area contributed by atoms with E-state index in [2.05, 4.69) is 35.8 Å². The standard InChI is InChI=1S/C30H33N3O4/c1-20-17-27(37-4)21(2)16-23(20)19-31-12-14-32(15-13-31)26-7-5-6-25-28(26)30(35)33(29(25)34)18-22-8-10-24(36-3)11-9-22/h5-11,16-17H,12-15,18-19H2,1-4H3. The highest BCUT2D eigenvalue weighted by Crippen LogP contribution is 2.33. The van der Waals surface area contributed by atoms with Gasteiger partial charge in [-0.25, -0.2) is 0 Å². The second-order valence-corrected chi connectivity index (χ2v) is 9.76. The lowest BCUT2D eigenvalue weighted by atomic mass is 10.0. The average Bonchev–Trinajstić information content (AvgIpc) is 3.16. The van der Waals surface area contributed by atoms with E-state index in [1.54, 1.807) is 20.3 Å². The molecular weight excluding hydrogens is 466 g/mol. The Morgan fingerprint density at radius 3 is 2.19 bits per heavy atom. The molecule has 2 heterocycles. The number of rotatable bonds is 7. The van der Waals surface area contributed by atoms with Crippen molar-refractivity contribution in [3.63, 3.8) is 0 Å². The minimum atomic E-state index is -0.235. The van der Waals surface area contributed by atoms with Crippen LogP contribution in [0.15, 0.2) is 54.6 Å².